The fourth-order valence-corrected chi connectivity index (χ4v) is 2.83. The van der Waals surface area contributed by atoms with E-state index in [1.54, 1.807) is 12.1 Å². The lowest BCUT2D eigenvalue weighted by molar-refractivity contribution is 0.259. The molecule has 0 fully saturated rings. The lowest BCUT2D eigenvalue weighted by Gasteiger charge is -2.17. The van der Waals surface area contributed by atoms with Crippen LogP contribution in [0.25, 0.3) is 0 Å². The second-order valence-electron chi connectivity index (χ2n) is 5.51. The van der Waals surface area contributed by atoms with Crippen molar-refractivity contribution in [2.75, 3.05) is 27.2 Å². The van der Waals surface area contributed by atoms with Crippen LogP contribution in [0.1, 0.15) is 30.9 Å². The molecule has 0 aromatic heterocycles. The maximum absolute atomic E-state index is 11.7. The molecule has 5 nitrogen and oxygen atoms in total. The van der Waals surface area contributed by atoms with Gasteiger partial charge in [0.15, 0.2) is 0 Å². The molecule has 1 rings (SSSR count). The molecule has 0 saturated carbocycles. The van der Waals surface area contributed by atoms with Crippen LogP contribution in [0.3, 0.4) is 0 Å². The number of primary sulfonamides is 1. The summed E-state index contributed by atoms with van der Waals surface area (Å²) >= 11 is 0. The SMILES string of the molecule is Cc1cc(S(N)(=O)=O)c(C(C)C)cc1OCCN(C)C. The minimum atomic E-state index is -3.72. The fraction of sp³-hybridized carbons (Fsp3) is 0.571. The number of nitrogens with zero attached hydrogens (tertiary/aromatic N) is 1. The summed E-state index contributed by atoms with van der Waals surface area (Å²) in [5.41, 5.74) is 1.47. The molecule has 0 bridgehead atoms. The Balaban J connectivity index is 3.14. The molecule has 0 saturated heterocycles. The quantitative estimate of drug-likeness (QED) is 0.868. The third-order valence-electron chi connectivity index (χ3n) is 3.03. The van der Waals surface area contributed by atoms with Crippen molar-refractivity contribution in [3.63, 3.8) is 0 Å². The molecule has 2 N–H and O–H groups in total. The number of benzene rings is 1. The molecule has 0 heterocycles. The van der Waals surface area contributed by atoms with Crippen molar-refractivity contribution in [3.05, 3.63) is 23.3 Å². The van der Waals surface area contributed by atoms with Crippen molar-refractivity contribution < 1.29 is 13.2 Å². The van der Waals surface area contributed by atoms with E-state index in [0.29, 0.717) is 17.9 Å². The van der Waals surface area contributed by atoms with Crippen LogP contribution in [0.15, 0.2) is 17.0 Å². The van der Waals surface area contributed by atoms with Crippen molar-refractivity contribution >= 4 is 10.0 Å². The fourth-order valence-electron chi connectivity index (χ4n) is 1.87. The number of sulfonamides is 1. The molecule has 1 aromatic carbocycles. The Bertz CT molecular complexity index is 566. The van der Waals surface area contributed by atoms with E-state index in [-0.39, 0.29) is 10.8 Å². The van der Waals surface area contributed by atoms with Gasteiger partial charge in [-0.15, -0.1) is 0 Å². The van der Waals surface area contributed by atoms with Gasteiger partial charge in [0.25, 0.3) is 0 Å². The van der Waals surface area contributed by atoms with E-state index in [1.165, 1.54) is 0 Å². The number of nitrogens with two attached hydrogens (primary N) is 1. The Morgan fingerprint density at radius 1 is 1.30 bits per heavy atom. The second kappa shape index (κ2) is 6.56. The number of ether oxygens (including phenoxy) is 1. The average molecular weight is 300 g/mol. The summed E-state index contributed by atoms with van der Waals surface area (Å²) in [6.45, 7) is 7.04. The zero-order valence-electron chi connectivity index (χ0n) is 12.8. The summed E-state index contributed by atoms with van der Waals surface area (Å²) in [5.74, 6) is 0.767. The zero-order chi connectivity index (χ0) is 15.5. The molecule has 0 aliphatic heterocycles. The molecular weight excluding hydrogens is 276 g/mol. The average Bonchev–Trinajstić information content (AvgIpc) is 2.28. The summed E-state index contributed by atoms with van der Waals surface area (Å²) in [6, 6.07) is 3.38. The van der Waals surface area contributed by atoms with E-state index in [2.05, 4.69) is 0 Å². The zero-order valence-corrected chi connectivity index (χ0v) is 13.6. The Hall–Kier alpha value is -1.11. The molecule has 0 spiro atoms. The van der Waals surface area contributed by atoms with Crippen LogP contribution in [0, 0.1) is 6.92 Å². The van der Waals surface area contributed by atoms with Gasteiger partial charge in [0.1, 0.15) is 12.4 Å². The maximum Gasteiger partial charge on any atom is 0.238 e. The topological polar surface area (TPSA) is 72.6 Å². The molecule has 0 atom stereocenters. The van der Waals surface area contributed by atoms with Crippen LogP contribution >= 0.6 is 0 Å². The van der Waals surface area contributed by atoms with E-state index in [1.807, 2.05) is 39.8 Å². The van der Waals surface area contributed by atoms with E-state index in [0.717, 1.165) is 12.1 Å². The molecule has 0 unspecified atom stereocenters. The van der Waals surface area contributed by atoms with E-state index >= 15 is 0 Å². The number of aryl methyl sites for hydroxylation is 1. The van der Waals surface area contributed by atoms with Gasteiger partial charge in [-0.3, -0.25) is 0 Å². The Morgan fingerprint density at radius 2 is 1.90 bits per heavy atom. The van der Waals surface area contributed by atoms with Crippen molar-refractivity contribution in [2.24, 2.45) is 5.14 Å². The van der Waals surface area contributed by atoms with Crippen LogP contribution < -0.4 is 9.88 Å². The lowest BCUT2D eigenvalue weighted by atomic mass is 10.0. The normalized spacial score (nSPS) is 12.2. The smallest absolute Gasteiger partial charge is 0.238 e. The summed E-state index contributed by atoms with van der Waals surface area (Å²) in [7, 11) is 0.229. The van der Waals surface area contributed by atoms with Gasteiger partial charge in [-0.05, 0) is 50.2 Å². The monoisotopic (exact) mass is 300 g/mol. The summed E-state index contributed by atoms with van der Waals surface area (Å²) in [4.78, 5) is 2.21. The number of hydrogen-bond acceptors (Lipinski definition) is 4. The molecule has 0 aliphatic rings. The second-order valence-corrected chi connectivity index (χ2v) is 7.04. The molecule has 0 amide bonds. The van der Waals surface area contributed by atoms with Crippen molar-refractivity contribution in [1.82, 2.24) is 4.90 Å². The van der Waals surface area contributed by atoms with Gasteiger partial charge in [0, 0.05) is 6.54 Å². The van der Waals surface area contributed by atoms with Crippen LogP contribution in [0.2, 0.25) is 0 Å². The largest absolute Gasteiger partial charge is 0.492 e. The van der Waals surface area contributed by atoms with Gasteiger partial charge in [-0.25, -0.2) is 13.6 Å². The first kappa shape index (κ1) is 16.9. The van der Waals surface area contributed by atoms with Crippen LogP contribution in [-0.4, -0.2) is 40.6 Å². The molecule has 0 aliphatic carbocycles. The molecule has 1 aromatic rings. The van der Waals surface area contributed by atoms with Gasteiger partial charge in [-0.2, -0.15) is 0 Å². The first-order valence-electron chi connectivity index (χ1n) is 6.57. The number of hydrogen-bond donors (Lipinski definition) is 1. The van der Waals surface area contributed by atoms with Crippen molar-refractivity contribution in [1.29, 1.82) is 0 Å². The standard InChI is InChI=1S/C14H24N2O3S/c1-10(2)12-9-13(19-7-6-16(4)5)11(3)8-14(12)20(15,17)18/h8-10H,6-7H2,1-5H3,(H2,15,17,18). The highest BCUT2D eigenvalue weighted by atomic mass is 32.2. The first-order valence-corrected chi connectivity index (χ1v) is 8.12. The van der Waals surface area contributed by atoms with Crippen LogP contribution in [0.4, 0.5) is 0 Å². The van der Waals surface area contributed by atoms with Crippen LogP contribution in [-0.2, 0) is 10.0 Å². The molecule has 20 heavy (non-hydrogen) atoms. The number of likely N-dealkylation sites (N-methyl/N-ethyl adjacent to an activating group) is 1. The predicted molar refractivity (Wildman–Crippen MR) is 80.7 cm³/mol. The van der Waals surface area contributed by atoms with E-state index < -0.39 is 10.0 Å². The van der Waals surface area contributed by atoms with Gasteiger partial charge >= 0.3 is 0 Å². The Morgan fingerprint density at radius 3 is 2.35 bits per heavy atom. The summed E-state index contributed by atoms with van der Waals surface area (Å²) < 4.78 is 29.0. The van der Waals surface area contributed by atoms with Gasteiger partial charge in [-0.1, -0.05) is 13.8 Å². The van der Waals surface area contributed by atoms with Gasteiger partial charge < -0.3 is 9.64 Å². The maximum atomic E-state index is 11.7. The number of rotatable bonds is 6. The van der Waals surface area contributed by atoms with E-state index in [4.69, 9.17) is 9.88 Å². The molecule has 114 valence electrons. The Labute approximate surface area is 121 Å². The molecule has 6 heteroatoms. The lowest BCUT2D eigenvalue weighted by Crippen LogP contribution is -2.20. The highest BCUT2D eigenvalue weighted by Crippen LogP contribution is 2.30. The third-order valence-corrected chi connectivity index (χ3v) is 4.00. The Kier molecular flexibility index (Phi) is 5.56. The molecule has 0 radical (unpaired) electrons. The van der Waals surface area contributed by atoms with Crippen LogP contribution in [0.5, 0.6) is 5.75 Å². The highest BCUT2D eigenvalue weighted by Gasteiger charge is 2.19. The molecular formula is C14H24N2O3S. The van der Waals surface area contributed by atoms with Gasteiger partial charge in [0.2, 0.25) is 10.0 Å². The summed E-state index contributed by atoms with van der Waals surface area (Å²) in [6.07, 6.45) is 0. The predicted octanol–water partition coefficient (Wildman–Crippen LogP) is 1.71. The first-order chi connectivity index (χ1) is 9.12. The minimum Gasteiger partial charge on any atom is -0.492 e. The van der Waals surface area contributed by atoms with E-state index in [9.17, 15) is 8.42 Å². The minimum absolute atomic E-state index is 0.0557. The van der Waals surface area contributed by atoms with Crippen molar-refractivity contribution in [2.45, 2.75) is 31.6 Å². The third kappa shape index (κ3) is 4.47. The highest BCUT2D eigenvalue weighted by molar-refractivity contribution is 7.89. The summed E-state index contributed by atoms with van der Waals surface area (Å²) in [5, 5.41) is 5.28. The van der Waals surface area contributed by atoms with Gasteiger partial charge in [0.05, 0.1) is 4.90 Å². The van der Waals surface area contributed by atoms with Crippen molar-refractivity contribution in [3.8, 4) is 5.75 Å².